The predicted molar refractivity (Wildman–Crippen MR) is 553 cm³/mol. The second kappa shape index (κ2) is 38.3. The van der Waals surface area contributed by atoms with Gasteiger partial charge in [0.05, 0.1) is 8.95 Å². The third kappa shape index (κ3) is 16.8. The van der Waals surface area contributed by atoms with Crippen LogP contribution in [0.1, 0.15) is 25.3 Å². The Kier molecular flexibility index (Phi) is 26.3. The van der Waals surface area contributed by atoms with Crippen molar-refractivity contribution in [1.82, 2.24) is 0 Å². The Morgan fingerprint density at radius 3 is 1.22 bits per heavy atom. The zero-order valence-electron chi connectivity index (χ0n) is 67.2. The average molecular weight is 1990 g/mol. The Balaban J connectivity index is 0.000000118. The highest BCUT2D eigenvalue weighted by Crippen LogP contribution is 2.43. The van der Waals surface area contributed by atoms with Crippen LogP contribution in [0.2, 0.25) is 10.0 Å². The zero-order valence-corrected chi connectivity index (χ0v) is 78.5. The van der Waals surface area contributed by atoms with Gasteiger partial charge in [0.15, 0.2) is 16.1 Å². The van der Waals surface area contributed by atoms with Crippen LogP contribution in [0.15, 0.2) is 451 Å². The number of halogens is 7. The molecule has 0 radical (unpaired) electrons. The van der Waals surface area contributed by atoms with Crippen molar-refractivity contribution in [3.63, 3.8) is 0 Å². The summed E-state index contributed by atoms with van der Waals surface area (Å²) in [5.74, 6) is 5.70. The van der Waals surface area contributed by atoms with Crippen LogP contribution in [0.3, 0.4) is 0 Å². The largest absolute Gasteiger partial charge is 0.458 e. The van der Waals surface area contributed by atoms with E-state index in [1.165, 1.54) is 97.3 Å². The number of nitrogens with one attached hydrogen (secondary N) is 1. The molecule has 0 aromatic heterocycles. The first kappa shape index (κ1) is 85.9. The summed E-state index contributed by atoms with van der Waals surface area (Å²) in [4.78, 5) is 4.38. The van der Waals surface area contributed by atoms with Crippen LogP contribution in [0.4, 0.5) is 22.7 Å². The second-order valence-electron chi connectivity index (χ2n) is 30.3. The number of para-hydroxylation sites is 5. The number of rotatable bonds is 9. The smallest absolute Gasteiger partial charge is 0.311 e. The van der Waals surface area contributed by atoms with Crippen LogP contribution in [-0.4, -0.2) is 27.8 Å². The maximum atomic E-state index is 6.73. The minimum atomic E-state index is -2.67. The van der Waals surface area contributed by atoms with Gasteiger partial charge in [0, 0.05) is 44.4 Å². The molecule has 15 heteroatoms. The summed E-state index contributed by atoms with van der Waals surface area (Å²) in [5, 5.41) is 17.9. The molecule has 17 aromatic rings. The molecule has 0 saturated heterocycles. The highest BCUT2D eigenvalue weighted by Gasteiger charge is 2.55. The number of anilines is 4. The van der Waals surface area contributed by atoms with Crippen molar-refractivity contribution in [3.05, 3.63) is 467 Å². The van der Waals surface area contributed by atoms with E-state index in [4.69, 9.17) is 59.6 Å². The maximum Gasteiger partial charge on any atom is 0.311 e. The molecule has 6 aliphatic rings. The summed E-state index contributed by atoms with van der Waals surface area (Å²) in [7, 11) is -5.12. The molecule has 0 amide bonds. The monoisotopic (exact) mass is 1990 g/mol. The fourth-order valence-corrected chi connectivity index (χ4v) is 34.1. The van der Waals surface area contributed by atoms with Gasteiger partial charge in [-0.05, 0) is 266 Å². The molecule has 17 aromatic carbocycles. The Morgan fingerprint density at radius 2 is 0.720 bits per heavy atom. The van der Waals surface area contributed by atoms with Gasteiger partial charge in [0.1, 0.15) is 34.5 Å². The first-order chi connectivity index (χ1) is 60.9. The van der Waals surface area contributed by atoms with Gasteiger partial charge in [-0.15, -0.1) is 22.2 Å². The molecule has 1 unspecified atom stereocenters. The van der Waals surface area contributed by atoms with Crippen LogP contribution < -0.4 is 76.3 Å². The second-order valence-corrected chi connectivity index (χ2v) is 46.4. The van der Waals surface area contributed by atoms with Crippen LogP contribution in [-0.2, 0) is 0 Å². The number of hydrogen-bond donors (Lipinski definition) is 1. The molecule has 1 aliphatic carbocycles. The molecule has 612 valence electrons. The summed E-state index contributed by atoms with van der Waals surface area (Å²) < 4.78 is 20.5. The molecule has 23 rings (SSSR count). The summed E-state index contributed by atoms with van der Waals surface area (Å²) in [5.41, 5.74) is 17.3. The highest BCUT2D eigenvalue weighted by atomic mass is 127. The van der Waals surface area contributed by atoms with Gasteiger partial charge < -0.3 is 24.4 Å². The summed E-state index contributed by atoms with van der Waals surface area (Å²) in [6.45, 7) is -2.44. The van der Waals surface area contributed by atoms with Crippen LogP contribution in [0.5, 0.6) is 34.5 Å². The van der Waals surface area contributed by atoms with Crippen molar-refractivity contribution in [1.29, 1.82) is 0 Å². The maximum absolute atomic E-state index is 6.73. The number of ether oxygens (including phenoxy) is 3. The number of allylic oxidation sites excluding steroid dienone is 3. The van der Waals surface area contributed by atoms with Gasteiger partial charge in [-0.1, -0.05) is 369 Å². The molecular weight excluding hydrogens is 1910 g/mol. The fourth-order valence-electron chi connectivity index (χ4n) is 18.0. The van der Waals surface area contributed by atoms with E-state index < -0.39 is 22.8 Å². The number of hydrogen-bond acceptors (Lipinski definition) is 5. The SMILES string of the molecule is C.C1=CC(c2ccccc2)CC=C1N(c1ccccc1)c1ccc2c(c1)[Si]1(c3ccccc3O2)c2ccccc2-c2ccccc21.CI.Cl[Si]1(Cl)c2ccccc2-c2ccccc21.Clc1ccc(Oc2ccccc2Br)c(Br)c1.Clc1ccc2c(c1)[Si]1(c3ccccc3O2)c2ccccc2-c2ccccc21.c1ccc(Nc2ccc(-c3ccccc3)cc2)cc1. The lowest BCUT2D eigenvalue weighted by Crippen LogP contribution is -2.74. The molecule has 5 nitrogen and oxygen atoms in total. The Hall–Kier alpha value is -11.3. The van der Waals surface area contributed by atoms with Gasteiger partial charge >= 0.3 is 6.69 Å². The van der Waals surface area contributed by atoms with E-state index in [-0.39, 0.29) is 7.43 Å². The molecule has 1 atom stereocenters. The normalized spacial score (nSPS) is 13.9. The molecule has 125 heavy (non-hydrogen) atoms. The highest BCUT2D eigenvalue weighted by molar-refractivity contribution is 14.1. The predicted octanol–water partition coefficient (Wildman–Crippen LogP) is 26.9. The third-order valence-electron chi connectivity index (χ3n) is 23.3. The Labute approximate surface area is 784 Å². The summed E-state index contributed by atoms with van der Waals surface area (Å²) in [6.07, 6.45) is 8.01. The zero-order chi connectivity index (χ0) is 84.7. The van der Waals surface area contributed by atoms with Gasteiger partial charge in [-0.25, -0.2) is 0 Å². The van der Waals surface area contributed by atoms with Gasteiger partial charge in [-0.3, -0.25) is 0 Å². The third-order valence-corrected chi connectivity index (χ3v) is 39.5. The molecule has 2 spiro atoms. The Bertz CT molecular complexity index is 6690. The van der Waals surface area contributed by atoms with Gasteiger partial charge in [0.25, 0.3) is 0 Å². The first-order valence-electron chi connectivity index (χ1n) is 40.9. The molecular formula is C110H83Br2Cl4IN2O3Si3. The summed E-state index contributed by atoms with van der Waals surface area (Å²) >= 11 is 34.4. The van der Waals surface area contributed by atoms with E-state index in [9.17, 15) is 0 Å². The Morgan fingerprint density at radius 1 is 0.344 bits per heavy atom. The lowest BCUT2D eigenvalue weighted by atomic mass is 9.91. The number of nitrogens with zero attached hydrogens (tertiary/aromatic N) is 1. The fraction of sp³-hybridized carbons (Fsp3) is 0.0364. The molecule has 1 N–H and O–H groups in total. The lowest BCUT2D eigenvalue weighted by molar-refractivity contribution is 0.476. The van der Waals surface area contributed by atoms with E-state index in [1.54, 1.807) is 12.1 Å². The topological polar surface area (TPSA) is 43.0 Å². The first-order valence-corrected chi connectivity index (χ1v) is 53.4. The number of fused-ring (bicyclic) bond motifs is 21. The van der Waals surface area contributed by atoms with Crippen molar-refractivity contribution >= 4 is 197 Å². The van der Waals surface area contributed by atoms with E-state index >= 15 is 0 Å². The van der Waals surface area contributed by atoms with E-state index in [0.29, 0.717) is 10.9 Å². The average Bonchev–Trinajstić information content (AvgIpc) is 1.54. The summed E-state index contributed by atoms with van der Waals surface area (Å²) in [6, 6.07) is 146. The van der Waals surface area contributed by atoms with Crippen molar-refractivity contribution < 1.29 is 14.2 Å². The standard InChI is InChI=1S/C42H31NOSi.C24H15ClOSi.C18H15N.C12H7Br2ClO.C12H8Cl2Si.CH3I.CH4/c1-3-13-30(14-4-1)31-23-25-33(26-24-31)43(32-15-5-2-6-16-32)34-27-28-38-42(29-34)45(41-22-12-9-19-37(41)44-38)39-20-10-7-17-35(39)36-18-8-11-21-40(36)45;25-16-13-14-20-24(15-16)27(23-12-6-3-9-19(23)26-20)21-10-4-1-7-17(21)18-8-2-5-11-22(18)27;1-3-7-15(8-4-1)16-11-13-18(14-12-16)19-17-9-5-2-6-10-17;13-9-3-1-2-4-11(9)16-12-6-5-8(15)7-10(12)14;13-15(14)11-7-3-1-5-9(11)10-6-2-4-8-12(10)15;1-2;/h1-23,25-29,31H,24H2;1-15H;1-14,19H;1-7H;1-8H;1H3;1H4. The molecule has 0 fully saturated rings. The quantitative estimate of drug-likeness (QED) is 0.0675. The van der Waals surface area contributed by atoms with Crippen molar-refractivity contribution in [2.75, 3.05) is 15.1 Å². The molecule has 5 heterocycles. The molecule has 0 saturated carbocycles. The number of benzene rings is 17. The van der Waals surface area contributed by atoms with Crippen molar-refractivity contribution in [2.24, 2.45) is 0 Å². The lowest BCUT2D eigenvalue weighted by Gasteiger charge is -2.38. The minimum absolute atomic E-state index is 0. The van der Waals surface area contributed by atoms with Crippen LogP contribution >= 0.6 is 99.8 Å². The van der Waals surface area contributed by atoms with Crippen molar-refractivity contribution in [3.8, 4) is 79.0 Å². The molecule has 5 aliphatic heterocycles. The van der Waals surface area contributed by atoms with Gasteiger partial charge in [-0.2, -0.15) is 0 Å². The van der Waals surface area contributed by atoms with Gasteiger partial charge in [0.2, 0.25) is 0 Å². The minimum Gasteiger partial charge on any atom is -0.458 e. The number of alkyl halides is 1. The van der Waals surface area contributed by atoms with Crippen molar-refractivity contribution in [2.45, 2.75) is 19.8 Å². The van der Waals surface area contributed by atoms with E-state index in [2.05, 4.69) is 386 Å². The van der Waals surface area contributed by atoms with Crippen LogP contribution in [0, 0.1) is 0 Å². The van der Waals surface area contributed by atoms with Crippen LogP contribution in [0.25, 0.3) is 44.5 Å². The van der Waals surface area contributed by atoms with E-state index in [1.807, 2.05) is 108 Å². The molecule has 0 bridgehead atoms. The van der Waals surface area contributed by atoms with E-state index in [0.717, 1.165) is 88.0 Å².